The maximum absolute atomic E-state index is 5.28. The van der Waals surface area contributed by atoms with Gasteiger partial charge in [-0.2, -0.15) is 15.0 Å². The summed E-state index contributed by atoms with van der Waals surface area (Å²) < 4.78 is 9.01. The summed E-state index contributed by atoms with van der Waals surface area (Å²) in [6, 6.07) is 62.1. The molecule has 0 unspecified atom stereocenters. The molecule has 64 heavy (non-hydrogen) atoms. The van der Waals surface area contributed by atoms with Gasteiger partial charge in [0.05, 0.1) is 49.7 Å². The summed E-state index contributed by atoms with van der Waals surface area (Å²) in [6.07, 6.45) is 5.66. The van der Waals surface area contributed by atoms with Crippen LogP contribution in [0.5, 0.6) is 0 Å². The highest BCUT2D eigenvalue weighted by Gasteiger charge is 2.21. The van der Waals surface area contributed by atoms with Gasteiger partial charge >= 0.3 is 0 Å². The van der Waals surface area contributed by atoms with Crippen LogP contribution in [0.4, 0.5) is 0 Å². The van der Waals surface area contributed by atoms with Crippen LogP contribution < -0.4 is 0 Å². The number of nitrogens with zero attached hydrogens (tertiary/aromatic N) is 8. The van der Waals surface area contributed by atoms with E-state index in [9.17, 15) is 0 Å². The van der Waals surface area contributed by atoms with Crippen LogP contribution in [0.2, 0.25) is 0 Å². The Morgan fingerprint density at radius 2 is 0.859 bits per heavy atom. The maximum Gasteiger partial charge on any atom is 0.240 e. The molecule has 0 spiro atoms. The highest BCUT2D eigenvalue weighted by atomic mass is 32.1. The molecule has 0 aliphatic heterocycles. The average molecular weight is 837 g/mol. The maximum atomic E-state index is 5.28. The van der Waals surface area contributed by atoms with E-state index >= 15 is 0 Å². The first kappa shape index (κ1) is 35.1. The Labute approximate surface area is 368 Å². The molecule has 0 saturated heterocycles. The van der Waals surface area contributed by atoms with Crippen LogP contribution in [0.15, 0.2) is 195 Å². The smallest absolute Gasteiger partial charge is 0.240 e. The fourth-order valence-corrected chi connectivity index (χ4v) is 11.1. The third-order valence-corrected chi connectivity index (χ3v) is 13.9. The van der Waals surface area contributed by atoms with E-state index in [1.54, 1.807) is 11.3 Å². The van der Waals surface area contributed by atoms with Crippen molar-refractivity contribution in [3.05, 3.63) is 195 Å². The van der Waals surface area contributed by atoms with Crippen molar-refractivity contribution in [3.63, 3.8) is 0 Å². The van der Waals surface area contributed by atoms with Crippen molar-refractivity contribution in [2.75, 3.05) is 0 Å². The van der Waals surface area contributed by atoms with Gasteiger partial charge in [-0.25, -0.2) is 0 Å². The average Bonchev–Trinajstić information content (AvgIpc) is 4.10. The summed E-state index contributed by atoms with van der Waals surface area (Å²) in [7, 11) is 0. The second-order valence-electron chi connectivity index (χ2n) is 16.1. The first-order valence-electron chi connectivity index (χ1n) is 21.2. The zero-order valence-electron chi connectivity index (χ0n) is 34.0. The lowest BCUT2D eigenvalue weighted by Gasteiger charge is -2.12. The van der Waals surface area contributed by atoms with Gasteiger partial charge in [-0.3, -0.25) is 19.1 Å². The first-order chi connectivity index (χ1) is 31.7. The van der Waals surface area contributed by atoms with E-state index in [0.29, 0.717) is 17.7 Å². The molecule has 7 aromatic carbocycles. The van der Waals surface area contributed by atoms with Crippen LogP contribution in [-0.4, -0.2) is 38.6 Å². The highest BCUT2D eigenvalue weighted by molar-refractivity contribution is 7.26. The predicted octanol–water partition coefficient (Wildman–Crippen LogP) is 13.7. The molecule has 14 rings (SSSR count). The summed E-state index contributed by atoms with van der Waals surface area (Å²) in [6.45, 7) is 0. The van der Waals surface area contributed by atoms with Crippen molar-refractivity contribution in [2.24, 2.45) is 0 Å². The second-order valence-corrected chi connectivity index (χ2v) is 17.2. The molecule has 298 valence electrons. The van der Waals surface area contributed by atoms with Crippen LogP contribution in [0.3, 0.4) is 0 Å². The number of benzene rings is 7. The molecule has 0 aliphatic rings. The molecular weight excluding hydrogens is 805 g/mol. The van der Waals surface area contributed by atoms with Crippen LogP contribution in [0, 0.1) is 0 Å². The quantitative estimate of drug-likeness (QED) is 0.172. The highest BCUT2D eigenvalue weighted by Crippen LogP contribution is 2.42. The number of fused-ring (bicyclic) bond motifs is 12. The van der Waals surface area contributed by atoms with Crippen molar-refractivity contribution in [1.29, 1.82) is 0 Å². The minimum Gasteiger partial charge on any atom is -0.309 e. The summed E-state index contributed by atoms with van der Waals surface area (Å²) in [5.41, 5.74) is 10.3. The van der Waals surface area contributed by atoms with E-state index in [4.69, 9.17) is 19.9 Å². The van der Waals surface area contributed by atoms with Crippen LogP contribution >= 0.6 is 11.3 Å². The van der Waals surface area contributed by atoms with Crippen LogP contribution in [0.1, 0.15) is 0 Å². The van der Waals surface area contributed by atoms with Gasteiger partial charge in [-0.15, -0.1) is 11.3 Å². The molecule has 0 fully saturated rings. The Bertz CT molecular complexity index is 3920. The van der Waals surface area contributed by atoms with E-state index in [0.717, 1.165) is 70.8 Å². The third kappa shape index (κ3) is 5.07. The lowest BCUT2D eigenvalue weighted by atomic mass is 10.1. The van der Waals surface area contributed by atoms with Gasteiger partial charge in [0.1, 0.15) is 0 Å². The van der Waals surface area contributed by atoms with Gasteiger partial charge in [-0.1, -0.05) is 115 Å². The SMILES string of the molecule is c1ccc2c(c1)c1ccccc1n2-c1ccc2sc3c(-c4ccc(-c5nc(-n6c7ccccc7c7ccccc76)nc(-n6c7ccccc7c7ccncc76)n5)cc4)nccc3c2c1. The zero-order valence-corrected chi connectivity index (χ0v) is 34.8. The molecule has 7 aromatic heterocycles. The summed E-state index contributed by atoms with van der Waals surface area (Å²) in [5.74, 6) is 1.62. The van der Waals surface area contributed by atoms with E-state index in [1.807, 2.05) is 18.6 Å². The van der Waals surface area contributed by atoms with Gasteiger partial charge in [0.15, 0.2) is 5.82 Å². The minimum atomic E-state index is 0.516. The van der Waals surface area contributed by atoms with Crippen LogP contribution in [0.25, 0.3) is 126 Å². The Morgan fingerprint density at radius 3 is 1.44 bits per heavy atom. The molecule has 8 nitrogen and oxygen atoms in total. The van der Waals surface area contributed by atoms with E-state index in [-0.39, 0.29) is 0 Å². The molecule has 0 saturated carbocycles. The van der Waals surface area contributed by atoms with Gasteiger partial charge in [0.2, 0.25) is 11.9 Å². The Hall–Kier alpha value is -8.53. The Morgan fingerprint density at radius 1 is 0.375 bits per heavy atom. The fraction of sp³-hybridized carbons (Fsp3) is 0. The molecule has 7 heterocycles. The molecule has 0 aliphatic carbocycles. The number of pyridine rings is 2. The van der Waals surface area contributed by atoms with Crippen molar-refractivity contribution >= 4 is 96.9 Å². The normalized spacial score (nSPS) is 12.1. The summed E-state index contributed by atoms with van der Waals surface area (Å²) in [5, 5.41) is 9.38. The van der Waals surface area contributed by atoms with Crippen molar-refractivity contribution < 1.29 is 0 Å². The van der Waals surface area contributed by atoms with Crippen molar-refractivity contribution in [2.45, 2.75) is 0 Å². The number of rotatable bonds is 5. The number of thiophene rings is 1. The van der Waals surface area contributed by atoms with Crippen molar-refractivity contribution in [3.8, 4) is 40.2 Å². The van der Waals surface area contributed by atoms with Gasteiger partial charge in [0.25, 0.3) is 0 Å². The Balaban J connectivity index is 0.926. The van der Waals surface area contributed by atoms with E-state index < -0.39 is 0 Å². The lowest BCUT2D eigenvalue weighted by Crippen LogP contribution is -2.10. The molecule has 9 heteroatoms. The molecule has 0 atom stereocenters. The molecule has 14 aromatic rings. The minimum absolute atomic E-state index is 0.516. The zero-order chi connectivity index (χ0) is 41.9. The number of para-hydroxylation sites is 5. The van der Waals surface area contributed by atoms with Gasteiger partial charge in [0, 0.05) is 77.0 Å². The molecule has 0 radical (unpaired) electrons. The fourth-order valence-electron chi connectivity index (χ4n) is 9.87. The standard InChI is InChI=1S/C55H32N8S/c1-6-16-44-36(11-1)37-12-2-7-17-45(37)61(44)35-25-26-50-43(31-35)42-28-30-57-51(52(42)64-50)33-21-23-34(24-22-33)53-58-54(62-46-18-8-3-13-38(46)39-14-4-9-19-47(39)62)60-55(59-53)63-48-20-10-5-15-40(48)41-27-29-56-32-49(41)63/h1-32H. The van der Waals surface area contributed by atoms with E-state index in [1.165, 1.54) is 37.3 Å². The van der Waals surface area contributed by atoms with E-state index in [2.05, 4.69) is 195 Å². The largest absolute Gasteiger partial charge is 0.309 e. The summed E-state index contributed by atoms with van der Waals surface area (Å²) >= 11 is 1.79. The molecule has 0 N–H and O–H groups in total. The van der Waals surface area contributed by atoms with Gasteiger partial charge < -0.3 is 4.57 Å². The topological polar surface area (TPSA) is 79.2 Å². The van der Waals surface area contributed by atoms with Crippen LogP contribution in [-0.2, 0) is 0 Å². The third-order valence-electron chi connectivity index (χ3n) is 12.7. The Kier molecular flexibility index (Phi) is 7.40. The number of hydrogen-bond donors (Lipinski definition) is 0. The summed E-state index contributed by atoms with van der Waals surface area (Å²) in [4.78, 5) is 25.3. The molecule has 0 amide bonds. The second kappa shape index (κ2) is 13.5. The number of aromatic nitrogens is 8. The monoisotopic (exact) mass is 836 g/mol. The first-order valence-corrected chi connectivity index (χ1v) is 22.1. The lowest BCUT2D eigenvalue weighted by molar-refractivity contribution is 0.892. The number of hydrogen-bond acceptors (Lipinski definition) is 6. The van der Waals surface area contributed by atoms with Crippen molar-refractivity contribution in [1.82, 2.24) is 38.6 Å². The molecule has 0 bridgehead atoms. The predicted molar refractivity (Wildman–Crippen MR) is 262 cm³/mol. The molecular formula is C55H32N8S. The van der Waals surface area contributed by atoms with Gasteiger partial charge in [-0.05, 0) is 60.7 Å².